The molecule has 0 saturated carbocycles. The quantitative estimate of drug-likeness (QED) is 0.845. The van der Waals surface area contributed by atoms with Crippen LogP contribution in [0.3, 0.4) is 0 Å². The van der Waals surface area contributed by atoms with E-state index in [1.165, 1.54) is 6.08 Å². The van der Waals surface area contributed by atoms with Crippen molar-refractivity contribution < 1.29 is 14.6 Å². The lowest BCUT2D eigenvalue weighted by Crippen LogP contribution is -1.97. The molecule has 1 N–H and O–H groups in total. The molecule has 0 spiro atoms. The molecule has 20 heavy (non-hydrogen) atoms. The number of carboxylic acid groups (broad SMARTS) is 1. The number of rotatable bonds is 5. The predicted octanol–water partition coefficient (Wildman–Crippen LogP) is 4.02. The maximum absolute atomic E-state index is 10.6. The van der Waals surface area contributed by atoms with E-state index in [1.807, 2.05) is 24.3 Å². The molecule has 0 unspecified atom stereocenters. The van der Waals surface area contributed by atoms with Crippen molar-refractivity contribution in [1.82, 2.24) is 0 Å². The van der Waals surface area contributed by atoms with Gasteiger partial charge in [-0.1, -0.05) is 41.9 Å². The number of carbonyl (C=O) groups is 1. The number of hydrogen-bond donors (Lipinski definition) is 1. The van der Waals surface area contributed by atoms with E-state index in [2.05, 4.69) is 0 Å². The van der Waals surface area contributed by atoms with Crippen molar-refractivity contribution in [3.05, 3.63) is 70.8 Å². The molecular formula is C16H13ClO3. The van der Waals surface area contributed by atoms with Crippen LogP contribution in [0, 0.1) is 0 Å². The molecule has 2 aromatic carbocycles. The minimum Gasteiger partial charge on any atom is -0.488 e. The Kier molecular flexibility index (Phi) is 4.80. The fourth-order valence-corrected chi connectivity index (χ4v) is 1.78. The van der Waals surface area contributed by atoms with E-state index in [9.17, 15) is 4.79 Å². The summed E-state index contributed by atoms with van der Waals surface area (Å²) in [5.41, 5.74) is 1.72. The van der Waals surface area contributed by atoms with Gasteiger partial charge < -0.3 is 9.84 Å². The van der Waals surface area contributed by atoms with Crippen LogP contribution in [-0.4, -0.2) is 11.1 Å². The summed E-state index contributed by atoms with van der Waals surface area (Å²) in [5, 5.41) is 9.34. The van der Waals surface area contributed by atoms with Gasteiger partial charge in [-0.05, 0) is 29.8 Å². The Morgan fingerprint density at radius 3 is 2.55 bits per heavy atom. The second-order valence-electron chi connectivity index (χ2n) is 4.12. The first-order valence-electron chi connectivity index (χ1n) is 6.02. The number of para-hydroxylation sites is 1. The Morgan fingerprint density at radius 1 is 1.15 bits per heavy atom. The van der Waals surface area contributed by atoms with Gasteiger partial charge in [-0.3, -0.25) is 0 Å². The summed E-state index contributed by atoms with van der Waals surface area (Å²) in [7, 11) is 0. The molecule has 0 radical (unpaired) electrons. The predicted molar refractivity (Wildman–Crippen MR) is 78.9 cm³/mol. The summed E-state index contributed by atoms with van der Waals surface area (Å²) in [6, 6.07) is 14.7. The molecule has 0 atom stereocenters. The molecule has 2 aromatic rings. The summed E-state index contributed by atoms with van der Waals surface area (Å²) in [4.78, 5) is 10.6. The van der Waals surface area contributed by atoms with Crippen LogP contribution < -0.4 is 4.74 Å². The molecule has 0 amide bonds. The van der Waals surface area contributed by atoms with Crippen molar-refractivity contribution in [3.63, 3.8) is 0 Å². The molecular weight excluding hydrogens is 276 g/mol. The first-order valence-corrected chi connectivity index (χ1v) is 6.40. The molecule has 4 heteroatoms. The molecule has 0 heterocycles. The van der Waals surface area contributed by atoms with E-state index in [4.69, 9.17) is 21.4 Å². The molecule has 0 aromatic heterocycles. The largest absolute Gasteiger partial charge is 0.488 e. The van der Waals surface area contributed by atoms with E-state index in [1.54, 1.807) is 24.3 Å². The van der Waals surface area contributed by atoms with E-state index < -0.39 is 5.97 Å². The molecule has 0 aliphatic rings. The van der Waals surface area contributed by atoms with Crippen molar-refractivity contribution in [2.24, 2.45) is 0 Å². The standard InChI is InChI=1S/C16H13ClO3/c17-14-8-5-12(6-9-14)11-20-15-4-2-1-3-13(15)7-10-16(18)19/h1-10H,11H2,(H,18,19)/b10-7-. The zero-order chi connectivity index (χ0) is 14.4. The molecule has 0 aliphatic carbocycles. The minimum absolute atomic E-state index is 0.398. The fourth-order valence-electron chi connectivity index (χ4n) is 1.65. The van der Waals surface area contributed by atoms with Crippen LogP contribution in [0.25, 0.3) is 6.08 Å². The maximum Gasteiger partial charge on any atom is 0.328 e. The number of benzene rings is 2. The van der Waals surface area contributed by atoms with Gasteiger partial charge >= 0.3 is 5.97 Å². The van der Waals surface area contributed by atoms with Crippen LogP contribution in [0.15, 0.2) is 54.6 Å². The minimum atomic E-state index is -0.988. The lowest BCUT2D eigenvalue weighted by Gasteiger charge is -2.09. The van der Waals surface area contributed by atoms with Gasteiger partial charge in [0.15, 0.2) is 0 Å². The van der Waals surface area contributed by atoms with Crippen molar-refractivity contribution >= 4 is 23.6 Å². The normalized spacial score (nSPS) is 10.7. The van der Waals surface area contributed by atoms with Crippen LogP contribution in [-0.2, 0) is 11.4 Å². The van der Waals surface area contributed by atoms with Gasteiger partial charge in [-0.2, -0.15) is 0 Å². The number of halogens is 1. The van der Waals surface area contributed by atoms with Crippen LogP contribution in [0.1, 0.15) is 11.1 Å². The van der Waals surface area contributed by atoms with E-state index in [0.717, 1.165) is 17.2 Å². The first-order chi connectivity index (χ1) is 9.65. The molecule has 0 aliphatic heterocycles. The number of hydrogen-bond acceptors (Lipinski definition) is 2. The van der Waals surface area contributed by atoms with Crippen LogP contribution in [0.5, 0.6) is 5.75 Å². The van der Waals surface area contributed by atoms with Crippen molar-refractivity contribution in [3.8, 4) is 5.75 Å². The van der Waals surface area contributed by atoms with Gasteiger partial charge in [0.1, 0.15) is 12.4 Å². The van der Waals surface area contributed by atoms with E-state index in [-0.39, 0.29) is 0 Å². The van der Waals surface area contributed by atoms with Crippen LogP contribution in [0.4, 0.5) is 0 Å². The molecule has 0 saturated heterocycles. The number of carboxylic acids is 1. The smallest absolute Gasteiger partial charge is 0.328 e. The second kappa shape index (κ2) is 6.78. The number of aliphatic carboxylic acids is 1. The molecule has 0 fully saturated rings. The zero-order valence-electron chi connectivity index (χ0n) is 10.6. The van der Waals surface area contributed by atoms with Gasteiger partial charge in [-0.25, -0.2) is 4.79 Å². The summed E-state index contributed by atoms with van der Waals surface area (Å²) in [6.45, 7) is 0.398. The van der Waals surface area contributed by atoms with Gasteiger partial charge in [0.25, 0.3) is 0 Å². The topological polar surface area (TPSA) is 46.5 Å². The Morgan fingerprint density at radius 2 is 1.85 bits per heavy atom. The Labute approximate surface area is 122 Å². The van der Waals surface area contributed by atoms with Crippen molar-refractivity contribution in [2.75, 3.05) is 0 Å². The monoisotopic (exact) mass is 288 g/mol. The highest BCUT2D eigenvalue weighted by atomic mass is 35.5. The fraction of sp³-hybridized carbons (Fsp3) is 0.0625. The lowest BCUT2D eigenvalue weighted by molar-refractivity contribution is -0.131. The summed E-state index contributed by atoms with van der Waals surface area (Å²) in [6.07, 6.45) is 2.60. The average Bonchev–Trinajstić information content (AvgIpc) is 2.45. The maximum atomic E-state index is 10.6. The van der Waals surface area contributed by atoms with Crippen LogP contribution >= 0.6 is 11.6 Å². The Balaban J connectivity index is 2.09. The van der Waals surface area contributed by atoms with Gasteiger partial charge in [0.2, 0.25) is 0 Å². The third kappa shape index (κ3) is 4.14. The average molecular weight is 289 g/mol. The Bertz CT molecular complexity index is 618. The third-order valence-corrected chi connectivity index (χ3v) is 2.88. The lowest BCUT2D eigenvalue weighted by atomic mass is 10.2. The highest BCUT2D eigenvalue weighted by Crippen LogP contribution is 2.21. The first kappa shape index (κ1) is 14.2. The summed E-state index contributed by atoms with van der Waals surface area (Å²) in [5.74, 6) is -0.350. The molecule has 0 bridgehead atoms. The van der Waals surface area contributed by atoms with Gasteiger partial charge in [0, 0.05) is 16.7 Å². The second-order valence-corrected chi connectivity index (χ2v) is 4.56. The van der Waals surface area contributed by atoms with E-state index >= 15 is 0 Å². The molecule has 3 nitrogen and oxygen atoms in total. The van der Waals surface area contributed by atoms with Gasteiger partial charge in [0.05, 0.1) is 0 Å². The Hall–Kier alpha value is -2.26. The van der Waals surface area contributed by atoms with Crippen LogP contribution in [0.2, 0.25) is 5.02 Å². The van der Waals surface area contributed by atoms with Gasteiger partial charge in [-0.15, -0.1) is 0 Å². The molecule has 102 valence electrons. The van der Waals surface area contributed by atoms with E-state index in [0.29, 0.717) is 17.4 Å². The summed E-state index contributed by atoms with van der Waals surface area (Å²) >= 11 is 5.82. The molecule has 2 rings (SSSR count). The zero-order valence-corrected chi connectivity index (χ0v) is 11.4. The summed E-state index contributed by atoms with van der Waals surface area (Å²) < 4.78 is 5.71. The number of ether oxygens (including phenoxy) is 1. The highest BCUT2D eigenvalue weighted by Gasteiger charge is 2.01. The van der Waals surface area contributed by atoms with Crippen molar-refractivity contribution in [1.29, 1.82) is 0 Å². The highest BCUT2D eigenvalue weighted by molar-refractivity contribution is 6.30. The van der Waals surface area contributed by atoms with Crippen molar-refractivity contribution in [2.45, 2.75) is 6.61 Å². The third-order valence-electron chi connectivity index (χ3n) is 2.63. The SMILES string of the molecule is O=C(O)/C=C\c1ccccc1OCc1ccc(Cl)cc1.